The highest BCUT2D eigenvalue weighted by Crippen LogP contribution is 2.28. The lowest BCUT2D eigenvalue weighted by atomic mass is 10.1. The van der Waals surface area contributed by atoms with E-state index in [9.17, 15) is 4.79 Å². The molecule has 2 rings (SSSR count). The van der Waals surface area contributed by atoms with Gasteiger partial charge in [-0.05, 0) is 32.9 Å². The van der Waals surface area contributed by atoms with E-state index >= 15 is 0 Å². The molecule has 5 nitrogen and oxygen atoms in total. The van der Waals surface area contributed by atoms with Crippen LogP contribution in [0, 0.1) is 0 Å². The molecule has 1 aliphatic rings. The lowest BCUT2D eigenvalue weighted by molar-refractivity contribution is -0.0764. The lowest BCUT2D eigenvalue weighted by Crippen LogP contribution is -2.50. The normalized spacial score (nSPS) is 17.9. The zero-order valence-corrected chi connectivity index (χ0v) is 12.3. The van der Waals surface area contributed by atoms with Crippen molar-refractivity contribution in [2.75, 3.05) is 32.0 Å². The number of hydrogen-bond donors (Lipinski definition) is 1. The Morgan fingerprint density at radius 1 is 1.50 bits per heavy atom. The average molecular weight is 278 g/mol. The van der Waals surface area contributed by atoms with Crippen LogP contribution in [0.4, 0.5) is 5.69 Å². The van der Waals surface area contributed by atoms with Gasteiger partial charge in [0.25, 0.3) is 5.91 Å². The number of hydrogen-bond acceptors (Lipinski definition) is 4. The summed E-state index contributed by atoms with van der Waals surface area (Å²) in [5.41, 5.74) is 6.54. The summed E-state index contributed by atoms with van der Waals surface area (Å²) in [4.78, 5) is 14.5. The van der Waals surface area contributed by atoms with Gasteiger partial charge in [0.2, 0.25) is 0 Å². The molecule has 1 amide bonds. The van der Waals surface area contributed by atoms with E-state index in [2.05, 4.69) is 0 Å². The van der Waals surface area contributed by atoms with Crippen molar-refractivity contribution in [3.05, 3.63) is 23.8 Å². The molecule has 2 N–H and O–H groups in total. The molecular formula is C15H22N2O3. The number of anilines is 1. The van der Waals surface area contributed by atoms with Crippen molar-refractivity contribution < 1.29 is 14.3 Å². The predicted octanol–water partition coefficient (Wildman–Crippen LogP) is 1.92. The van der Waals surface area contributed by atoms with Gasteiger partial charge in [0.05, 0.1) is 18.8 Å². The summed E-state index contributed by atoms with van der Waals surface area (Å²) >= 11 is 0. The zero-order valence-electron chi connectivity index (χ0n) is 12.3. The number of nitrogen functional groups attached to an aromatic ring is 1. The van der Waals surface area contributed by atoms with Gasteiger partial charge < -0.3 is 20.1 Å². The van der Waals surface area contributed by atoms with Crippen molar-refractivity contribution in [2.45, 2.75) is 26.4 Å². The van der Waals surface area contributed by atoms with E-state index in [0.717, 1.165) is 0 Å². The Labute approximate surface area is 119 Å². The van der Waals surface area contributed by atoms with Crippen molar-refractivity contribution >= 4 is 11.6 Å². The van der Waals surface area contributed by atoms with Crippen LogP contribution in [0.25, 0.3) is 0 Å². The number of carbonyl (C=O) groups excluding carboxylic acids is 1. The first-order valence-electron chi connectivity index (χ1n) is 6.89. The fourth-order valence-electron chi connectivity index (χ4n) is 2.40. The van der Waals surface area contributed by atoms with Crippen LogP contribution in [0.3, 0.4) is 0 Å². The molecular weight excluding hydrogens is 256 g/mol. The first kappa shape index (κ1) is 14.7. The summed E-state index contributed by atoms with van der Waals surface area (Å²) in [5.74, 6) is 0.449. The van der Waals surface area contributed by atoms with Crippen LogP contribution in [0.2, 0.25) is 0 Å². The van der Waals surface area contributed by atoms with E-state index < -0.39 is 0 Å². The third-order valence-corrected chi connectivity index (χ3v) is 3.29. The molecule has 0 bridgehead atoms. The molecule has 0 atom stereocenters. The van der Waals surface area contributed by atoms with E-state index in [1.807, 2.05) is 20.8 Å². The summed E-state index contributed by atoms with van der Waals surface area (Å²) in [5, 5.41) is 0. The van der Waals surface area contributed by atoms with Crippen molar-refractivity contribution in [1.82, 2.24) is 4.90 Å². The van der Waals surface area contributed by atoms with Gasteiger partial charge in [-0.15, -0.1) is 0 Å². The third-order valence-electron chi connectivity index (χ3n) is 3.29. The third kappa shape index (κ3) is 3.04. The van der Waals surface area contributed by atoms with Crippen LogP contribution < -0.4 is 10.5 Å². The van der Waals surface area contributed by atoms with Gasteiger partial charge in [0, 0.05) is 18.8 Å². The number of nitrogens with two attached hydrogens (primary N) is 1. The first-order valence-corrected chi connectivity index (χ1v) is 6.89. The summed E-state index contributed by atoms with van der Waals surface area (Å²) < 4.78 is 11.2. The molecule has 0 aromatic heterocycles. The first-order chi connectivity index (χ1) is 9.44. The van der Waals surface area contributed by atoms with Crippen molar-refractivity contribution in [2.24, 2.45) is 0 Å². The molecule has 1 fully saturated rings. The molecule has 1 saturated heterocycles. The molecule has 0 saturated carbocycles. The van der Waals surface area contributed by atoms with E-state index in [-0.39, 0.29) is 11.5 Å². The van der Waals surface area contributed by atoms with Crippen LogP contribution in [-0.2, 0) is 4.74 Å². The number of morpholine rings is 1. The maximum Gasteiger partial charge on any atom is 0.259 e. The minimum absolute atomic E-state index is 0.0945. The Kier molecular flexibility index (Phi) is 4.18. The second-order valence-corrected chi connectivity index (χ2v) is 5.49. The van der Waals surface area contributed by atoms with Crippen LogP contribution >= 0.6 is 0 Å². The highest BCUT2D eigenvalue weighted by atomic mass is 16.5. The number of rotatable bonds is 3. The summed E-state index contributed by atoms with van der Waals surface area (Å²) in [6, 6.07) is 5.29. The minimum Gasteiger partial charge on any atom is -0.493 e. The molecule has 1 heterocycles. The molecule has 5 heteroatoms. The average Bonchev–Trinajstić information content (AvgIpc) is 2.37. The Balaban J connectivity index is 2.29. The maximum absolute atomic E-state index is 12.7. The zero-order chi connectivity index (χ0) is 14.8. The topological polar surface area (TPSA) is 64.8 Å². The van der Waals surface area contributed by atoms with Gasteiger partial charge in [-0.25, -0.2) is 0 Å². The molecule has 1 aromatic rings. The number of benzene rings is 1. The largest absolute Gasteiger partial charge is 0.493 e. The fourth-order valence-corrected chi connectivity index (χ4v) is 2.40. The summed E-state index contributed by atoms with van der Waals surface area (Å²) in [6.07, 6.45) is 0. The van der Waals surface area contributed by atoms with Gasteiger partial charge in [-0.3, -0.25) is 4.79 Å². The number of nitrogens with zero attached hydrogens (tertiary/aromatic N) is 1. The number of carbonyl (C=O) groups is 1. The van der Waals surface area contributed by atoms with Gasteiger partial charge in [-0.1, -0.05) is 6.07 Å². The number of amides is 1. The molecule has 0 radical (unpaired) electrons. The lowest BCUT2D eigenvalue weighted by Gasteiger charge is -2.38. The summed E-state index contributed by atoms with van der Waals surface area (Å²) in [7, 11) is 0. The van der Waals surface area contributed by atoms with Gasteiger partial charge >= 0.3 is 0 Å². The monoisotopic (exact) mass is 278 g/mol. The Hall–Kier alpha value is -1.75. The van der Waals surface area contributed by atoms with Crippen LogP contribution in [0.15, 0.2) is 18.2 Å². The van der Waals surface area contributed by atoms with Crippen molar-refractivity contribution in [3.8, 4) is 5.75 Å². The Morgan fingerprint density at radius 2 is 2.25 bits per heavy atom. The smallest absolute Gasteiger partial charge is 0.259 e. The molecule has 110 valence electrons. The van der Waals surface area contributed by atoms with Crippen LogP contribution in [0.5, 0.6) is 5.75 Å². The van der Waals surface area contributed by atoms with Crippen LogP contribution in [-0.4, -0.2) is 42.7 Å². The van der Waals surface area contributed by atoms with Crippen molar-refractivity contribution in [3.63, 3.8) is 0 Å². The predicted molar refractivity (Wildman–Crippen MR) is 78.0 cm³/mol. The van der Waals surface area contributed by atoms with E-state index in [4.69, 9.17) is 15.2 Å². The van der Waals surface area contributed by atoms with Crippen molar-refractivity contribution in [1.29, 1.82) is 0 Å². The fraction of sp³-hybridized carbons (Fsp3) is 0.533. The quantitative estimate of drug-likeness (QED) is 0.858. The number of ether oxygens (including phenoxy) is 2. The Bertz CT molecular complexity index is 500. The van der Waals surface area contributed by atoms with Gasteiger partial charge in [0.1, 0.15) is 11.3 Å². The molecule has 20 heavy (non-hydrogen) atoms. The van der Waals surface area contributed by atoms with E-state index in [1.54, 1.807) is 23.1 Å². The molecule has 0 spiro atoms. The molecule has 1 aromatic carbocycles. The van der Waals surface area contributed by atoms with Gasteiger partial charge in [0.15, 0.2) is 0 Å². The SMILES string of the molecule is CCOc1cccc(N)c1C(=O)N1CCOC(C)(C)C1. The van der Waals surface area contributed by atoms with E-state index in [1.165, 1.54) is 0 Å². The second-order valence-electron chi connectivity index (χ2n) is 5.49. The van der Waals surface area contributed by atoms with E-state index in [0.29, 0.717) is 43.3 Å². The summed E-state index contributed by atoms with van der Waals surface area (Å²) in [6.45, 7) is 7.99. The molecule has 0 unspecified atom stereocenters. The maximum atomic E-state index is 12.7. The van der Waals surface area contributed by atoms with Gasteiger partial charge in [-0.2, -0.15) is 0 Å². The Morgan fingerprint density at radius 3 is 2.90 bits per heavy atom. The second kappa shape index (κ2) is 5.71. The van der Waals surface area contributed by atoms with Crippen LogP contribution in [0.1, 0.15) is 31.1 Å². The minimum atomic E-state index is -0.330. The highest BCUT2D eigenvalue weighted by molar-refractivity contribution is 6.02. The standard InChI is InChI=1S/C15H22N2O3/c1-4-19-12-7-5-6-11(16)13(12)14(18)17-8-9-20-15(2,3)10-17/h5-7H,4,8-10,16H2,1-3H3. The molecule has 1 aliphatic heterocycles. The molecule has 0 aliphatic carbocycles. The highest BCUT2D eigenvalue weighted by Gasteiger charge is 2.32.